The van der Waals surface area contributed by atoms with E-state index in [1.54, 1.807) is 18.4 Å². The Balaban J connectivity index is 2.05. The summed E-state index contributed by atoms with van der Waals surface area (Å²) in [5.74, 6) is 1.32. The van der Waals surface area contributed by atoms with Crippen molar-refractivity contribution in [1.29, 1.82) is 0 Å². The van der Waals surface area contributed by atoms with Crippen molar-refractivity contribution in [2.24, 2.45) is 5.92 Å². The van der Waals surface area contributed by atoms with Gasteiger partial charge in [0.15, 0.2) is 10.6 Å². The Morgan fingerprint density at radius 3 is 2.96 bits per heavy atom. The molecule has 1 amide bonds. The minimum atomic E-state index is 0.112. The van der Waals surface area contributed by atoms with Gasteiger partial charge >= 0.3 is 0 Å². The molecule has 0 aromatic carbocycles. The van der Waals surface area contributed by atoms with E-state index in [1.807, 2.05) is 27.0 Å². The Hall–Kier alpha value is -1.51. The predicted octanol–water partition coefficient (Wildman–Crippen LogP) is 3.19. The van der Waals surface area contributed by atoms with E-state index in [1.165, 1.54) is 0 Å². The third kappa shape index (κ3) is 4.99. The third-order valence-electron chi connectivity index (χ3n) is 3.55. The number of thiophene rings is 1. The molecule has 1 N–H and O–H groups in total. The number of carbonyl (C=O) groups excluding carboxylic acids is 1. The first kappa shape index (κ1) is 18.8. The van der Waals surface area contributed by atoms with Crippen LogP contribution in [0.1, 0.15) is 20.3 Å². The number of nitrogens with one attached hydrogen (secondary N) is 1. The fourth-order valence-corrected chi connectivity index (χ4v) is 3.39. The van der Waals surface area contributed by atoms with Crippen molar-refractivity contribution in [3.8, 4) is 10.7 Å². The predicted molar refractivity (Wildman–Crippen MR) is 98.6 cm³/mol. The normalized spacial score (nSPS) is 11.2. The lowest BCUT2D eigenvalue weighted by Crippen LogP contribution is -2.37. The molecule has 2 aromatic heterocycles. The summed E-state index contributed by atoms with van der Waals surface area (Å²) in [6, 6.07) is 3.97. The number of ether oxygens (including phenoxy) is 1. The molecule has 2 aromatic rings. The van der Waals surface area contributed by atoms with Gasteiger partial charge in [0.25, 0.3) is 0 Å². The second kappa shape index (κ2) is 9.10. The van der Waals surface area contributed by atoms with Crippen LogP contribution in [-0.2, 0) is 16.1 Å². The summed E-state index contributed by atoms with van der Waals surface area (Å²) >= 11 is 6.91. The molecule has 0 fully saturated rings. The number of aromatic amines is 1. The molecule has 0 atom stereocenters. The summed E-state index contributed by atoms with van der Waals surface area (Å²) in [4.78, 5) is 15.5. The number of nitrogens with zero attached hydrogens (tertiary/aromatic N) is 3. The monoisotopic (exact) mass is 368 g/mol. The smallest absolute Gasteiger partial charge is 0.224 e. The summed E-state index contributed by atoms with van der Waals surface area (Å²) in [5, 5.41) is 9.11. The zero-order chi connectivity index (χ0) is 17.5. The Morgan fingerprint density at radius 1 is 1.54 bits per heavy atom. The molecule has 24 heavy (non-hydrogen) atoms. The van der Waals surface area contributed by atoms with Crippen LogP contribution >= 0.6 is 23.6 Å². The van der Waals surface area contributed by atoms with Crippen LogP contribution in [0.4, 0.5) is 0 Å². The highest BCUT2D eigenvalue weighted by molar-refractivity contribution is 7.71. The van der Waals surface area contributed by atoms with E-state index in [-0.39, 0.29) is 5.91 Å². The first-order chi connectivity index (χ1) is 11.5. The molecule has 2 rings (SSSR count). The Kier molecular flexibility index (Phi) is 7.14. The molecule has 0 saturated carbocycles. The lowest BCUT2D eigenvalue weighted by molar-refractivity contribution is -0.132. The second-order valence-corrected chi connectivity index (χ2v) is 7.29. The number of hydrogen-bond donors (Lipinski definition) is 1. The van der Waals surface area contributed by atoms with E-state index in [4.69, 9.17) is 17.0 Å². The van der Waals surface area contributed by atoms with Gasteiger partial charge in [-0.15, -0.1) is 11.3 Å². The Morgan fingerprint density at radius 2 is 2.33 bits per heavy atom. The molecule has 132 valence electrons. The van der Waals surface area contributed by atoms with Crippen LogP contribution in [0.5, 0.6) is 0 Å². The van der Waals surface area contributed by atoms with Crippen LogP contribution in [-0.4, -0.2) is 52.4 Å². The molecular weight excluding hydrogens is 344 g/mol. The first-order valence-corrected chi connectivity index (χ1v) is 9.27. The van der Waals surface area contributed by atoms with E-state index in [0.717, 1.165) is 17.2 Å². The molecule has 6 nitrogen and oxygen atoms in total. The van der Waals surface area contributed by atoms with Gasteiger partial charge < -0.3 is 9.64 Å². The van der Waals surface area contributed by atoms with E-state index in [0.29, 0.717) is 36.8 Å². The quantitative estimate of drug-likeness (QED) is 0.691. The van der Waals surface area contributed by atoms with Crippen molar-refractivity contribution < 1.29 is 9.53 Å². The molecule has 0 aliphatic heterocycles. The summed E-state index contributed by atoms with van der Waals surface area (Å²) < 4.78 is 7.54. The van der Waals surface area contributed by atoms with Gasteiger partial charge in [-0.2, -0.15) is 5.10 Å². The van der Waals surface area contributed by atoms with Gasteiger partial charge in [-0.3, -0.25) is 14.5 Å². The van der Waals surface area contributed by atoms with Crippen molar-refractivity contribution >= 4 is 29.5 Å². The van der Waals surface area contributed by atoms with Crippen LogP contribution in [0.25, 0.3) is 10.7 Å². The average molecular weight is 369 g/mol. The van der Waals surface area contributed by atoms with Crippen LogP contribution in [0.3, 0.4) is 0 Å². The van der Waals surface area contributed by atoms with Crippen LogP contribution in [0.15, 0.2) is 17.5 Å². The number of aromatic nitrogens is 3. The second-order valence-electron chi connectivity index (χ2n) is 5.96. The van der Waals surface area contributed by atoms with Crippen LogP contribution in [0.2, 0.25) is 0 Å². The summed E-state index contributed by atoms with van der Waals surface area (Å²) in [7, 11) is 1.65. The third-order valence-corrected chi connectivity index (χ3v) is 4.73. The lowest BCUT2D eigenvalue weighted by Gasteiger charge is -2.24. The van der Waals surface area contributed by atoms with E-state index in [2.05, 4.69) is 24.0 Å². The zero-order valence-electron chi connectivity index (χ0n) is 14.3. The number of hydrogen-bond acceptors (Lipinski definition) is 5. The summed E-state index contributed by atoms with van der Waals surface area (Å²) in [6.07, 6.45) is 0.392. The molecule has 0 aliphatic rings. The largest absolute Gasteiger partial charge is 0.383 e. The highest BCUT2D eigenvalue weighted by Gasteiger charge is 2.16. The number of H-pyrrole nitrogens is 1. The molecule has 0 unspecified atom stereocenters. The van der Waals surface area contributed by atoms with E-state index >= 15 is 0 Å². The fourth-order valence-electron chi connectivity index (χ4n) is 2.44. The summed E-state index contributed by atoms with van der Waals surface area (Å²) in [5.41, 5.74) is 0. The lowest BCUT2D eigenvalue weighted by atomic mass is 10.2. The van der Waals surface area contributed by atoms with Crippen molar-refractivity contribution in [3.05, 3.63) is 22.3 Å². The van der Waals surface area contributed by atoms with Gasteiger partial charge in [-0.25, -0.2) is 0 Å². The minimum Gasteiger partial charge on any atom is -0.383 e. The van der Waals surface area contributed by atoms with E-state index < -0.39 is 0 Å². The zero-order valence-corrected chi connectivity index (χ0v) is 16.0. The molecule has 0 aliphatic carbocycles. The molecule has 0 saturated heterocycles. The molecule has 0 spiro atoms. The standard InChI is InChI=1S/C16H24N4O2S2/c1-12(2)11-19(8-9-22-3)14(21)6-7-20-15(17-18-16(20)23)13-5-4-10-24-13/h4-5,10,12H,6-9,11H2,1-3H3,(H,18,23). The molecular formula is C16H24N4O2S2. The molecule has 0 radical (unpaired) electrons. The van der Waals surface area contributed by atoms with Crippen molar-refractivity contribution in [2.75, 3.05) is 26.8 Å². The van der Waals surface area contributed by atoms with Crippen molar-refractivity contribution in [3.63, 3.8) is 0 Å². The maximum atomic E-state index is 12.6. The van der Waals surface area contributed by atoms with Gasteiger partial charge in [0.05, 0.1) is 11.5 Å². The van der Waals surface area contributed by atoms with Gasteiger partial charge in [0.1, 0.15) is 0 Å². The van der Waals surface area contributed by atoms with Crippen molar-refractivity contribution in [2.45, 2.75) is 26.8 Å². The first-order valence-electron chi connectivity index (χ1n) is 7.98. The number of amides is 1. The van der Waals surface area contributed by atoms with Crippen LogP contribution < -0.4 is 0 Å². The van der Waals surface area contributed by atoms with Crippen LogP contribution in [0, 0.1) is 10.7 Å². The maximum Gasteiger partial charge on any atom is 0.224 e. The molecule has 8 heteroatoms. The number of carbonyl (C=O) groups is 1. The van der Waals surface area contributed by atoms with Gasteiger partial charge in [-0.1, -0.05) is 19.9 Å². The van der Waals surface area contributed by atoms with Gasteiger partial charge in [-0.05, 0) is 29.6 Å². The fraction of sp³-hybridized carbons (Fsp3) is 0.562. The minimum absolute atomic E-state index is 0.112. The average Bonchev–Trinajstić information content (AvgIpc) is 3.18. The van der Waals surface area contributed by atoms with Crippen molar-refractivity contribution in [1.82, 2.24) is 19.7 Å². The Bertz CT molecular complexity index is 691. The number of rotatable bonds is 9. The maximum absolute atomic E-state index is 12.6. The van der Waals surface area contributed by atoms with Gasteiger partial charge in [0, 0.05) is 33.2 Å². The number of methoxy groups -OCH3 is 1. The molecule has 0 bridgehead atoms. The highest BCUT2D eigenvalue weighted by atomic mass is 32.1. The Labute approximate surface area is 151 Å². The molecule has 2 heterocycles. The highest BCUT2D eigenvalue weighted by Crippen LogP contribution is 2.23. The topological polar surface area (TPSA) is 63.1 Å². The summed E-state index contributed by atoms with van der Waals surface area (Å²) in [6.45, 7) is 6.62. The SMILES string of the molecule is COCCN(CC(C)C)C(=O)CCn1c(-c2cccs2)n[nH]c1=S. The van der Waals surface area contributed by atoms with Gasteiger partial charge in [0.2, 0.25) is 5.91 Å². The van der Waals surface area contributed by atoms with E-state index in [9.17, 15) is 4.79 Å².